The largest absolute Gasteiger partial charge is 0.113 e. The molecular weight excluding hydrogens is 473 g/mol. The minimum Gasteiger partial charge on any atom is -0.113 e. The second kappa shape index (κ2) is 9.11. The number of thioether (sulfide) groups is 8. The van der Waals surface area contributed by atoms with Gasteiger partial charge in [-0.15, -0.1) is 47.0 Å². The molecule has 4 aliphatic heterocycles. The van der Waals surface area contributed by atoms with Crippen molar-refractivity contribution < 1.29 is 0 Å². The van der Waals surface area contributed by atoms with Gasteiger partial charge in [-0.2, -0.15) is 0 Å². The highest BCUT2D eigenvalue weighted by Crippen LogP contribution is 2.66. The fourth-order valence-corrected chi connectivity index (χ4v) is 14.5. The van der Waals surface area contributed by atoms with Crippen molar-refractivity contribution >= 4 is 94.1 Å². The van der Waals surface area contributed by atoms with E-state index in [0.717, 1.165) is 23.0 Å². The monoisotopic (exact) mass is 492 g/mol. The normalized spacial score (nSPS) is 30.9. The molecule has 0 aromatic heterocycles. The summed E-state index contributed by atoms with van der Waals surface area (Å²) in [7, 11) is 0. The Bertz CT molecular complexity index is 670. The molecule has 0 spiro atoms. The van der Waals surface area contributed by atoms with Crippen LogP contribution in [-0.4, -0.2) is 23.0 Å². The van der Waals surface area contributed by atoms with Crippen LogP contribution in [0.15, 0.2) is 47.7 Å². The van der Waals surface area contributed by atoms with Crippen molar-refractivity contribution in [3.63, 3.8) is 0 Å². The van der Waals surface area contributed by atoms with Crippen molar-refractivity contribution in [2.24, 2.45) is 0 Å². The summed E-state index contributed by atoms with van der Waals surface area (Å²) in [6.07, 6.45) is 0. The van der Waals surface area contributed by atoms with Crippen molar-refractivity contribution in [2.45, 2.75) is 27.7 Å². The van der Waals surface area contributed by atoms with Gasteiger partial charge in [0.1, 0.15) is 0 Å². The van der Waals surface area contributed by atoms with Crippen molar-refractivity contribution in [3.8, 4) is 0 Å². The van der Waals surface area contributed by atoms with E-state index in [4.69, 9.17) is 0 Å². The number of hydrogen-bond donors (Lipinski definition) is 0. The topological polar surface area (TPSA) is 0 Å². The van der Waals surface area contributed by atoms with E-state index in [-0.39, 0.29) is 0 Å². The molecule has 0 radical (unpaired) electrons. The molecule has 0 nitrogen and oxygen atoms in total. The van der Waals surface area contributed by atoms with E-state index in [0.29, 0.717) is 0 Å². The molecule has 4 heterocycles. The number of rotatable bonds is 0. The Hall–Kier alpha value is 1.50. The summed E-state index contributed by atoms with van der Waals surface area (Å²) in [6, 6.07) is 0. The van der Waals surface area contributed by atoms with Gasteiger partial charge in [0.2, 0.25) is 0 Å². The van der Waals surface area contributed by atoms with Gasteiger partial charge in [0.25, 0.3) is 0 Å². The Morgan fingerprint density at radius 3 is 0.846 bits per heavy atom. The summed E-state index contributed by atoms with van der Waals surface area (Å²) in [5.74, 6) is 4.58. The highest BCUT2D eigenvalue weighted by atomic mass is 32.3. The van der Waals surface area contributed by atoms with E-state index < -0.39 is 0 Å². The van der Waals surface area contributed by atoms with Gasteiger partial charge >= 0.3 is 0 Å². The lowest BCUT2D eigenvalue weighted by atomic mass is 10.2. The highest BCUT2D eigenvalue weighted by molar-refractivity contribution is 8.45. The third kappa shape index (κ3) is 4.63. The molecule has 0 N–H and O–H groups in total. The van der Waals surface area contributed by atoms with Crippen molar-refractivity contribution in [3.05, 3.63) is 47.7 Å². The molecule has 0 aromatic rings. The van der Waals surface area contributed by atoms with Crippen molar-refractivity contribution in [1.82, 2.24) is 0 Å². The van der Waals surface area contributed by atoms with Gasteiger partial charge in [0.05, 0.1) is 25.4 Å². The first kappa shape index (κ1) is 20.8. The molecule has 4 aliphatic rings. The zero-order valence-electron chi connectivity index (χ0n) is 15.1. The van der Waals surface area contributed by atoms with Crippen LogP contribution in [0.5, 0.6) is 0 Å². The minimum atomic E-state index is 1.15. The maximum atomic E-state index is 2.29. The van der Waals surface area contributed by atoms with Gasteiger partial charge in [-0.05, 0) is 27.7 Å². The van der Waals surface area contributed by atoms with Crippen molar-refractivity contribution in [1.29, 1.82) is 0 Å². The second-order valence-electron chi connectivity index (χ2n) is 6.41. The molecule has 0 unspecified atom stereocenters. The Morgan fingerprint density at radius 1 is 0.385 bits per heavy atom. The van der Waals surface area contributed by atoms with Crippen LogP contribution in [0.2, 0.25) is 0 Å². The molecule has 0 atom stereocenters. The number of hydrogen-bond acceptors (Lipinski definition) is 8. The molecule has 0 aliphatic carbocycles. The summed E-state index contributed by atoms with van der Waals surface area (Å²) in [4.78, 5) is 0. The van der Waals surface area contributed by atoms with Crippen LogP contribution in [0.1, 0.15) is 27.7 Å². The molecule has 140 valence electrons. The van der Waals surface area contributed by atoms with Crippen molar-refractivity contribution in [2.75, 3.05) is 23.0 Å². The SMILES string of the molecule is C/C1=C(\C)CSC2=C(SC1)SC(=C1SC3=C(SC/C(C)=C(/C)CS3)S1)S2. The quantitative estimate of drug-likeness (QED) is 0.303. The zero-order chi connectivity index (χ0) is 18.3. The summed E-state index contributed by atoms with van der Waals surface area (Å²) in [5, 5.41) is 0. The van der Waals surface area contributed by atoms with Crippen LogP contribution < -0.4 is 0 Å². The van der Waals surface area contributed by atoms with Crippen LogP contribution >= 0.6 is 94.1 Å². The van der Waals surface area contributed by atoms with E-state index in [1.807, 2.05) is 94.1 Å². The van der Waals surface area contributed by atoms with E-state index in [2.05, 4.69) is 27.7 Å². The van der Waals surface area contributed by atoms with Gasteiger partial charge in [-0.25, -0.2) is 0 Å². The Balaban J connectivity index is 1.46. The second-order valence-corrected chi connectivity index (χ2v) is 16.0. The molecule has 0 aromatic carbocycles. The van der Waals surface area contributed by atoms with Gasteiger partial charge in [-0.1, -0.05) is 69.3 Å². The van der Waals surface area contributed by atoms with Crippen LogP contribution in [0, 0.1) is 0 Å². The fraction of sp³-hybridized carbons (Fsp3) is 0.444. The molecular formula is C18H20S8. The van der Waals surface area contributed by atoms with Gasteiger partial charge in [0.15, 0.2) is 0 Å². The molecule has 26 heavy (non-hydrogen) atoms. The highest BCUT2D eigenvalue weighted by Gasteiger charge is 2.32. The standard InChI is InChI=1S/C18H20S8/c1-9-5-19-13-14(20-6-10(9)2)24-17(23-13)18-25-15-16(26-18)22-8-12(4)11(3)7-21-15/h5-8H2,1-4H3/b10-9-,12-11-. The lowest BCUT2D eigenvalue weighted by Gasteiger charge is -2.12. The Labute approximate surface area is 190 Å². The summed E-state index contributed by atoms with van der Waals surface area (Å²) >= 11 is 16.2. The van der Waals surface area contributed by atoms with Crippen LogP contribution in [0.25, 0.3) is 0 Å². The van der Waals surface area contributed by atoms with Crippen LogP contribution in [-0.2, 0) is 0 Å². The molecule has 0 saturated heterocycles. The van der Waals surface area contributed by atoms with Gasteiger partial charge in [0, 0.05) is 23.0 Å². The van der Waals surface area contributed by atoms with Crippen LogP contribution in [0.4, 0.5) is 0 Å². The fourth-order valence-electron chi connectivity index (χ4n) is 2.25. The van der Waals surface area contributed by atoms with Crippen LogP contribution in [0.3, 0.4) is 0 Å². The third-order valence-electron chi connectivity index (χ3n) is 4.38. The molecule has 4 rings (SSSR count). The lowest BCUT2D eigenvalue weighted by Crippen LogP contribution is -1.94. The predicted molar refractivity (Wildman–Crippen MR) is 138 cm³/mol. The first-order chi connectivity index (χ1) is 12.5. The minimum absolute atomic E-state index is 1.15. The molecule has 8 heteroatoms. The van der Waals surface area contributed by atoms with E-state index in [1.54, 1.807) is 22.3 Å². The molecule has 0 saturated carbocycles. The first-order valence-corrected chi connectivity index (χ1v) is 15.5. The van der Waals surface area contributed by atoms with E-state index >= 15 is 0 Å². The zero-order valence-corrected chi connectivity index (χ0v) is 21.6. The average Bonchev–Trinajstić information content (AvgIpc) is 3.21. The van der Waals surface area contributed by atoms with E-state index in [1.165, 1.54) is 25.4 Å². The Morgan fingerprint density at radius 2 is 0.615 bits per heavy atom. The van der Waals surface area contributed by atoms with Gasteiger partial charge < -0.3 is 0 Å². The van der Waals surface area contributed by atoms with E-state index in [9.17, 15) is 0 Å². The lowest BCUT2D eigenvalue weighted by molar-refractivity contribution is 1.25. The predicted octanol–water partition coefficient (Wildman–Crippen LogP) is 8.96. The van der Waals surface area contributed by atoms with Gasteiger partial charge in [-0.3, -0.25) is 0 Å². The Kier molecular flexibility index (Phi) is 7.27. The molecule has 0 fully saturated rings. The molecule has 0 amide bonds. The smallest absolute Gasteiger partial charge is 0.0717 e. The summed E-state index contributed by atoms with van der Waals surface area (Å²) in [5.41, 5.74) is 6.23. The summed E-state index contributed by atoms with van der Waals surface area (Å²) in [6.45, 7) is 9.17. The average molecular weight is 493 g/mol. The maximum Gasteiger partial charge on any atom is 0.0717 e. The third-order valence-corrected chi connectivity index (χ3v) is 16.6. The summed E-state index contributed by atoms with van der Waals surface area (Å²) < 4.78 is 9.15. The first-order valence-electron chi connectivity index (χ1n) is 8.27. The molecule has 0 bridgehead atoms. The maximum absolute atomic E-state index is 2.29.